The zero-order chi connectivity index (χ0) is 28.8. The molecule has 44 heavy (non-hydrogen) atoms. The lowest BCUT2D eigenvalue weighted by atomic mass is 9.99. The van der Waals surface area contributed by atoms with Crippen molar-refractivity contribution in [1.82, 2.24) is 9.55 Å². The molecule has 0 aliphatic rings. The van der Waals surface area contributed by atoms with E-state index < -0.39 is 0 Å². The van der Waals surface area contributed by atoms with Gasteiger partial charge in [-0.2, -0.15) is 0 Å². The molecule has 7 aromatic carbocycles. The first-order valence-electron chi connectivity index (χ1n) is 15.0. The van der Waals surface area contributed by atoms with Crippen molar-refractivity contribution in [2.75, 3.05) is 0 Å². The van der Waals surface area contributed by atoms with E-state index in [9.17, 15) is 0 Å². The van der Waals surface area contributed by atoms with Crippen molar-refractivity contribution in [3.63, 3.8) is 0 Å². The standard InChI is InChI=1S/C41H24N2O/c1-2-9-25(10-3-1)28-14-6-15-30(23-28)41-31-16-5-4-11-29(31)24-36(42-41)43-32-21-19-26-12-7-17-34-37(26)39(32)40-33(43)22-20-27-13-8-18-35(44-34)38(27)40/h1-24H. The molecule has 0 unspecified atom stereocenters. The molecule has 0 bridgehead atoms. The third-order valence-electron chi connectivity index (χ3n) is 9.12. The van der Waals surface area contributed by atoms with Crippen molar-refractivity contribution in [2.24, 2.45) is 0 Å². The Morgan fingerprint density at radius 3 is 1.75 bits per heavy atom. The molecule has 3 aromatic heterocycles. The van der Waals surface area contributed by atoms with Gasteiger partial charge in [0.2, 0.25) is 0 Å². The SMILES string of the molecule is c1ccc(-c2cccc(-c3nc(-n4c5ccc6cccc7oc8cccc9ccc4c(c98)c5c67)cc4ccccc34)c2)cc1. The number of fused-ring (bicyclic) bond motifs is 1. The van der Waals surface area contributed by atoms with E-state index in [1.807, 2.05) is 0 Å². The van der Waals surface area contributed by atoms with Crippen molar-refractivity contribution in [3.8, 4) is 28.2 Å². The Bertz CT molecular complexity index is 2610. The maximum atomic E-state index is 6.62. The second-order valence-electron chi connectivity index (χ2n) is 11.6. The smallest absolute Gasteiger partial charge is 0.138 e. The summed E-state index contributed by atoms with van der Waals surface area (Å²) in [4.78, 5) is 5.48. The zero-order valence-corrected chi connectivity index (χ0v) is 23.7. The number of pyridine rings is 1. The van der Waals surface area contributed by atoms with Crippen LogP contribution < -0.4 is 0 Å². The van der Waals surface area contributed by atoms with Crippen LogP contribution in [0.1, 0.15) is 0 Å². The number of benzene rings is 7. The summed E-state index contributed by atoms with van der Waals surface area (Å²) in [6.07, 6.45) is 0. The van der Waals surface area contributed by atoms with Gasteiger partial charge in [0.25, 0.3) is 0 Å². The largest absolute Gasteiger partial charge is 0.456 e. The van der Waals surface area contributed by atoms with Gasteiger partial charge in [0.05, 0.1) is 16.7 Å². The minimum Gasteiger partial charge on any atom is -0.456 e. The topological polar surface area (TPSA) is 31.0 Å². The van der Waals surface area contributed by atoms with Gasteiger partial charge in [-0.25, -0.2) is 4.98 Å². The predicted molar refractivity (Wildman–Crippen MR) is 183 cm³/mol. The molecule has 0 spiro atoms. The van der Waals surface area contributed by atoms with Crippen molar-refractivity contribution in [3.05, 3.63) is 146 Å². The highest BCUT2D eigenvalue weighted by Gasteiger charge is 2.22. The Hall–Kier alpha value is -5.93. The van der Waals surface area contributed by atoms with Crippen LogP contribution in [0.5, 0.6) is 0 Å². The Labute approximate surface area is 252 Å². The number of hydrogen-bond acceptors (Lipinski definition) is 2. The van der Waals surface area contributed by atoms with Gasteiger partial charge in [0.15, 0.2) is 0 Å². The van der Waals surface area contributed by atoms with Crippen LogP contribution in [0, 0.1) is 0 Å². The molecule has 3 heteroatoms. The summed E-state index contributed by atoms with van der Waals surface area (Å²) in [7, 11) is 0. The average Bonchev–Trinajstić information content (AvgIpc) is 3.34. The second kappa shape index (κ2) is 8.79. The molecular weight excluding hydrogens is 536 g/mol. The van der Waals surface area contributed by atoms with Gasteiger partial charge >= 0.3 is 0 Å². The Morgan fingerprint density at radius 2 is 1.02 bits per heavy atom. The fraction of sp³-hybridized carbons (Fsp3) is 0. The van der Waals surface area contributed by atoms with Gasteiger partial charge < -0.3 is 4.42 Å². The van der Waals surface area contributed by atoms with Crippen molar-refractivity contribution >= 4 is 65.3 Å². The fourth-order valence-corrected chi connectivity index (χ4v) is 7.21. The molecule has 204 valence electrons. The molecule has 3 heterocycles. The molecule has 3 nitrogen and oxygen atoms in total. The van der Waals surface area contributed by atoms with Crippen LogP contribution in [0.25, 0.3) is 93.5 Å². The molecular formula is C41H24N2O. The molecule has 0 aliphatic carbocycles. The molecule has 10 rings (SSSR count). The van der Waals surface area contributed by atoms with Gasteiger partial charge in [0.1, 0.15) is 17.0 Å². The van der Waals surface area contributed by atoms with E-state index in [1.54, 1.807) is 0 Å². The summed E-state index contributed by atoms with van der Waals surface area (Å²) in [5, 5.41) is 9.36. The molecule has 0 saturated carbocycles. The van der Waals surface area contributed by atoms with Gasteiger partial charge in [0, 0.05) is 32.5 Å². The lowest BCUT2D eigenvalue weighted by molar-refractivity contribution is 0.664. The first-order chi connectivity index (χ1) is 21.8. The lowest BCUT2D eigenvalue weighted by Gasteiger charge is -2.14. The average molecular weight is 561 g/mol. The van der Waals surface area contributed by atoms with E-state index in [-0.39, 0.29) is 0 Å². The zero-order valence-electron chi connectivity index (χ0n) is 23.7. The summed E-state index contributed by atoms with van der Waals surface area (Å²) in [5.41, 5.74) is 8.47. The molecule has 0 fully saturated rings. The van der Waals surface area contributed by atoms with Crippen molar-refractivity contribution < 1.29 is 4.42 Å². The maximum absolute atomic E-state index is 6.62. The van der Waals surface area contributed by atoms with E-state index in [1.165, 1.54) is 32.7 Å². The molecule has 0 atom stereocenters. The fourth-order valence-electron chi connectivity index (χ4n) is 7.21. The third kappa shape index (κ3) is 3.24. The minimum absolute atomic E-state index is 0.890. The van der Waals surface area contributed by atoms with E-state index in [0.29, 0.717) is 0 Å². The summed E-state index contributed by atoms with van der Waals surface area (Å²) < 4.78 is 8.96. The molecule has 0 N–H and O–H groups in total. The maximum Gasteiger partial charge on any atom is 0.138 e. The second-order valence-corrected chi connectivity index (χ2v) is 11.6. The van der Waals surface area contributed by atoms with Crippen LogP contribution in [-0.4, -0.2) is 9.55 Å². The van der Waals surface area contributed by atoms with Gasteiger partial charge in [-0.05, 0) is 63.7 Å². The van der Waals surface area contributed by atoms with Crippen molar-refractivity contribution in [2.45, 2.75) is 0 Å². The van der Waals surface area contributed by atoms with Gasteiger partial charge in [-0.3, -0.25) is 4.57 Å². The molecule has 0 aliphatic heterocycles. The van der Waals surface area contributed by atoms with Gasteiger partial charge in [-0.15, -0.1) is 0 Å². The van der Waals surface area contributed by atoms with Crippen LogP contribution in [0.3, 0.4) is 0 Å². The van der Waals surface area contributed by atoms with Crippen LogP contribution >= 0.6 is 0 Å². The predicted octanol–water partition coefficient (Wildman–Crippen LogP) is 11.2. The highest BCUT2D eigenvalue weighted by Crippen LogP contribution is 2.45. The van der Waals surface area contributed by atoms with E-state index >= 15 is 0 Å². The summed E-state index contributed by atoms with van der Waals surface area (Å²) in [6, 6.07) is 51.7. The number of rotatable bonds is 3. The summed E-state index contributed by atoms with van der Waals surface area (Å²) in [5.74, 6) is 0.902. The Kier molecular flexibility index (Phi) is 4.72. The first kappa shape index (κ1) is 23.6. The van der Waals surface area contributed by atoms with Crippen LogP contribution in [-0.2, 0) is 0 Å². The molecule has 0 saturated heterocycles. The lowest BCUT2D eigenvalue weighted by Crippen LogP contribution is -2.00. The number of nitrogens with zero attached hydrogens (tertiary/aromatic N) is 2. The Morgan fingerprint density at radius 1 is 0.432 bits per heavy atom. The summed E-state index contributed by atoms with van der Waals surface area (Å²) in [6.45, 7) is 0. The highest BCUT2D eigenvalue weighted by molar-refractivity contribution is 6.33. The molecule has 10 aromatic rings. The molecule has 0 amide bonds. The van der Waals surface area contributed by atoms with Crippen LogP contribution in [0.15, 0.2) is 150 Å². The highest BCUT2D eigenvalue weighted by atomic mass is 16.3. The van der Waals surface area contributed by atoms with E-state index in [2.05, 4.69) is 150 Å². The first-order valence-corrected chi connectivity index (χ1v) is 15.0. The molecule has 0 radical (unpaired) electrons. The Balaban J connectivity index is 1.34. The van der Waals surface area contributed by atoms with Crippen LogP contribution in [0.2, 0.25) is 0 Å². The number of aromatic nitrogens is 2. The van der Waals surface area contributed by atoms with Crippen LogP contribution in [0.4, 0.5) is 0 Å². The normalized spacial score (nSPS) is 12.1. The van der Waals surface area contributed by atoms with Gasteiger partial charge in [-0.1, -0.05) is 109 Å². The monoisotopic (exact) mass is 560 g/mol. The number of hydrogen-bond donors (Lipinski definition) is 0. The quantitative estimate of drug-likeness (QED) is 0.215. The van der Waals surface area contributed by atoms with E-state index in [0.717, 1.165) is 60.8 Å². The third-order valence-corrected chi connectivity index (χ3v) is 9.12. The van der Waals surface area contributed by atoms with E-state index in [4.69, 9.17) is 9.40 Å². The van der Waals surface area contributed by atoms with Crippen molar-refractivity contribution in [1.29, 1.82) is 0 Å². The summed E-state index contributed by atoms with van der Waals surface area (Å²) >= 11 is 0. The minimum atomic E-state index is 0.890.